The van der Waals surface area contributed by atoms with E-state index in [9.17, 15) is 9.59 Å². The van der Waals surface area contributed by atoms with Crippen LogP contribution in [0.4, 0.5) is 0 Å². The van der Waals surface area contributed by atoms with Gasteiger partial charge in [0.05, 0.1) is 6.61 Å². The van der Waals surface area contributed by atoms with E-state index in [2.05, 4.69) is 23.8 Å². The molecule has 0 aromatic carbocycles. The predicted octanol–water partition coefficient (Wildman–Crippen LogP) is 1.76. The molecule has 0 rings (SSSR count). The van der Waals surface area contributed by atoms with Gasteiger partial charge in [-0.15, -0.1) is 0 Å². The zero-order valence-corrected chi connectivity index (χ0v) is 13.1. The van der Waals surface area contributed by atoms with Crippen molar-refractivity contribution < 1.29 is 14.3 Å². The Kier molecular flexibility index (Phi) is 6.49. The summed E-state index contributed by atoms with van der Waals surface area (Å²) in [5, 5.41) is 5.83. The average Bonchev–Trinajstić information content (AvgIpc) is 2.33. The number of hydrogen-bond donors (Lipinski definition) is 2. The number of allylic oxidation sites excluding steroid dienone is 1. The summed E-state index contributed by atoms with van der Waals surface area (Å²) in [6.45, 7) is 16.7. The van der Waals surface area contributed by atoms with Crippen molar-refractivity contribution in [3.63, 3.8) is 0 Å². The third-order valence-electron chi connectivity index (χ3n) is 2.68. The Morgan fingerprint density at radius 1 is 1.25 bits per heavy atom. The molecule has 0 aromatic heterocycles. The number of rotatable bonds is 8. The van der Waals surface area contributed by atoms with E-state index in [0.29, 0.717) is 12.2 Å². The minimum Gasteiger partial charge on any atom is -0.465 e. The number of amides is 1. The average molecular weight is 282 g/mol. The van der Waals surface area contributed by atoms with Crippen LogP contribution in [0, 0.1) is 5.41 Å². The van der Waals surface area contributed by atoms with Crippen molar-refractivity contribution in [2.24, 2.45) is 5.41 Å². The van der Waals surface area contributed by atoms with Crippen LogP contribution in [0.15, 0.2) is 24.9 Å². The quantitative estimate of drug-likeness (QED) is 0.526. The van der Waals surface area contributed by atoms with E-state index < -0.39 is 5.54 Å². The van der Waals surface area contributed by atoms with Crippen molar-refractivity contribution in [2.45, 2.75) is 40.2 Å². The van der Waals surface area contributed by atoms with Gasteiger partial charge < -0.3 is 15.4 Å². The maximum atomic E-state index is 12.1. The van der Waals surface area contributed by atoms with Gasteiger partial charge in [0, 0.05) is 24.6 Å². The maximum absolute atomic E-state index is 12.1. The molecule has 0 aliphatic rings. The number of hydrogen-bond acceptors (Lipinski definition) is 4. The van der Waals surface area contributed by atoms with Crippen LogP contribution in [0.3, 0.4) is 0 Å². The molecule has 0 radical (unpaired) electrons. The molecule has 0 bridgehead atoms. The SMILES string of the molecule is C=CC(=C)NC(C)(C)C(=O)NCC(C)(C)COC(C)=O. The van der Waals surface area contributed by atoms with Crippen molar-refractivity contribution >= 4 is 11.9 Å². The van der Waals surface area contributed by atoms with Gasteiger partial charge in [-0.05, 0) is 19.9 Å². The molecule has 5 heteroatoms. The van der Waals surface area contributed by atoms with Gasteiger partial charge in [0.1, 0.15) is 5.54 Å². The molecule has 1 amide bonds. The molecular weight excluding hydrogens is 256 g/mol. The van der Waals surface area contributed by atoms with Crippen LogP contribution in [0.2, 0.25) is 0 Å². The van der Waals surface area contributed by atoms with Crippen molar-refractivity contribution in [3.05, 3.63) is 24.9 Å². The first-order chi connectivity index (χ1) is 9.00. The third kappa shape index (κ3) is 6.97. The van der Waals surface area contributed by atoms with E-state index in [-0.39, 0.29) is 23.9 Å². The molecular formula is C15H26N2O3. The summed E-state index contributed by atoms with van der Waals surface area (Å²) in [5.74, 6) is -0.481. The van der Waals surface area contributed by atoms with Crippen LogP contribution in [0.5, 0.6) is 0 Å². The second-order valence-electron chi connectivity index (χ2n) is 6.11. The fourth-order valence-electron chi connectivity index (χ4n) is 1.40. The van der Waals surface area contributed by atoms with E-state index in [0.717, 1.165) is 0 Å². The molecule has 2 N–H and O–H groups in total. The van der Waals surface area contributed by atoms with Gasteiger partial charge in [0.25, 0.3) is 0 Å². The summed E-state index contributed by atoms with van der Waals surface area (Å²) >= 11 is 0. The Morgan fingerprint density at radius 2 is 1.80 bits per heavy atom. The van der Waals surface area contributed by atoms with Gasteiger partial charge >= 0.3 is 5.97 Å². The first-order valence-corrected chi connectivity index (χ1v) is 6.51. The normalized spacial score (nSPS) is 11.4. The molecule has 0 atom stereocenters. The Labute approximate surface area is 121 Å². The Bertz CT molecular complexity index is 398. The van der Waals surface area contributed by atoms with Crippen molar-refractivity contribution in [1.29, 1.82) is 0 Å². The van der Waals surface area contributed by atoms with Crippen LogP contribution in [0.25, 0.3) is 0 Å². The maximum Gasteiger partial charge on any atom is 0.302 e. The van der Waals surface area contributed by atoms with E-state index in [1.807, 2.05) is 13.8 Å². The minimum absolute atomic E-state index is 0.156. The van der Waals surface area contributed by atoms with Gasteiger partial charge in [0.15, 0.2) is 0 Å². The van der Waals surface area contributed by atoms with Crippen LogP contribution in [-0.2, 0) is 14.3 Å². The molecule has 0 fully saturated rings. The van der Waals surface area contributed by atoms with Crippen LogP contribution in [-0.4, -0.2) is 30.6 Å². The van der Waals surface area contributed by atoms with Gasteiger partial charge in [-0.2, -0.15) is 0 Å². The number of esters is 1. The molecule has 0 aliphatic carbocycles. The molecule has 0 heterocycles. The Morgan fingerprint density at radius 3 is 2.25 bits per heavy atom. The molecule has 114 valence electrons. The zero-order chi connectivity index (χ0) is 16.0. The van der Waals surface area contributed by atoms with Crippen LogP contribution >= 0.6 is 0 Å². The summed E-state index contributed by atoms with van der Waals surface area (Å²) < 4.78 is 4.97. The Hall–Kier alpha value is -1.78. The molecule has 0 unspecified atom stereocenters. The van der Waals surface area contributed by atoms with Crippen molar-refractivity contribution in [1.82, 2.24) is 10.6 Å². The first-order valence-electron chi connectivity index (χ1n) is 6.51. The van der Waals surface area contributed by atoms with Gasteiger partial charge in [0.2, 0.25) is 5.91 Å². The van der Waals surface area contributed by atoms with Crippen LogP contribution < -0.4 is 10.6 Å². The molecule has 0 spiro atoms. The number of carbonyl (C=O) groups excluding carboxylic acids is 2. The number of carbonyl (C=O) groups is 2. The highest BCUT2D eigenvalue weighted by Gasteiger charge is 2.29. The lowest BCUT2D eigenvalue weighted by Gasteiger charge is -2.30. The predicted molar refractivity (Wildman–Crippen MR) is 80.0 cm³/mol. The van der Waals surface area contributed by atoms with E-state index >= 15 is 0 Å². The molecule has 0 saturated carbocycles. The monoisotopic (exact) mass is 282 g/mol. The lowest BCUT2D eigenvalue weighted by Crippen LogP contribution is -2.53. The van der Waals surface area contributed by atoms with Gasteiger partial charge in [-0.3, -0.25) is 9.59 Å². The largest absolute Gasteiger partial charge is 0.465 e. The van der Waals surface area contributed by atoms with E-state index in [1.54, 1.807) is 19.9 Å². The number of nitrogens with one attached hydrogen (secondary N) is 2. The highest BCUT2D eigenvalue weighted by molar-refractivity contribution is 5.85. The molecule has 5 nitrogen and oxygen atoms in total. The second kappa shape index (κ2) is 7.12. The molecule has 0 aromatic rings. The lowest BCUT2D eigenvalue weighted by atomic mass is 9.94. The second-order valence-corrected chi connectivity index (χ2v) is 6.11. The highest BCUT2D eigenvalue weighted by Crippen LogP contribution is 2.15. The summed E-state index contributed by atoms with van der Waals surface area (Å²) in [5.41, 5.74) is -0.528. The molecule has 20 heavy (non-hydrogen) atoms. The van der Waals surface area contributed by atoms with Gasteiger partial charge in [-0.1, -0.05) is 27.0 Å². The van der Waals surface area contributed by atoms with Crippen LogP contribution in [0.1, 0.15) is 34.6 Å². The summed E-state index contributed by atoms with van der Waals surface area (Å²) in [4.78, 5) is 22.9. The molecule has 0 aliphatic heterocycles. The fraction of sp³-hybridized carbons (Fsp3) is 0.600. The molecule has 0 saturated heterocycles. The van der Waals surface area contributed by atoms with E-state index in [4.69, 9.17) is 4.74 Å². The summed E-state index contributed by atoms with van der Waals surface area (Å²) in [6, 6.07) is 0. The highest BCUT2D eigenvalue weighted by atomic mass is 16.5. The summed E-state index contributed by atoms with van der Waals surface area (Å²) in [6.07, 6.45) is 1.56. The topological polar surface area (TPSA) is 67.4 Å². The third-order valence-corrected chi connectivity index (χ3v) is 2.68. The standard InChI is InChI=1S/C15H26N2O3/c1-8-11(2)17-15(6,7)13(19)16-9-14(4,5)10-20-12(3)18/h8,17H,1-2,9-10H2,3-7H3,(H,16,19). The summed E-state index contributed by atoms with van der Waals surface area (Å²) in [7, 11) is 0. The fourth-order valence-corrected chi connectivity index (χ4v) is 1.40. The number of ether oxygens (including phenoxy) is 1. The van der Waals surface area contributed by atoms with Crippen molar-refractivity contribution in [2.75, 3.05) is 13.2 Å². The zero-order valence-electron chi connectivity index (χ0n) is 13.1. The lowest BCUT2D eigenvalue weighted by molar-refractivity contribution is -0.143. The van der Waals surface area contributed by atoms with Gasteiger partial charge in [-0.25, -0.2) is 0 Å². The minimum atomic E-state index is -0.789. The Balaban J connectivity index is 4.42. The smallest absolute Gasteiger partial charge is 0.302 e. The van der Waals surface area contributed by atoms with Crippen molar-refractivity contribution in [3.8, 4) is 0 Å². The first kappa shape index (κ1) is 18.2. The van der Waals surface area contributed by atoms with E-state index in [1.165, 1.54) is 6.92 Å².